The molecule has 0 aromatic carbocycles. The molecule has 0 saturated carbocycles. The SMILES string of the molecule is CCCCCC/C=C\CCCCCCCC(=O)OCCCCCCCCCCCCCCCCCCCCCCCCCCCCCCCCC(=O)NC(CO)C(O)CCCCCCCCCCCCC. The fourth-order valence-electron chi connectivity index (χ4n) is 10.3. The van der Waals surface area contributed by atoms with Crippen molar-refractivity contribution in [2.45, 2.75) is 379 Å². The van der Waals surface area contributed by atoms with Gasteiger partial charge in [0.15, 0.2) is 0 Å². The normalized spacial score (nSPS) is 12.6. The van der Waals surface area contributed by atoms with Gasteiger partial charge in [-0.1, -0.05) is 315 Å². The minimum Gasteiger partial charge on any atom is -0.466 e. The summed E-state index contributed by atoms with van der Waals surface area (Å²) in [6, 6.07) is -0.536. The van der Waals surface area contributed by atoms with E-state index in [1.165, 1.54) is 289 Å². The first kappa shape index (κ1) is 69.6. The summed E-state index contributed by atoms with van der Waals surface area (Å²) in [5.41, 5.74) is 0. The van der Waals surface area contributed by atoms with Crippen LogP contribution in [0.15, 0.2) is 12.2 Å². The number of carbonyl (C=O) groups is 2. The Bertz CT molecular complexity index is 1060. The quantitative estimate of drug-likeness (QED) is 0.0320. The second-order valence-electron chi connectivity index (χ2n) is 22.5. The zero-order valence-electron chi connectivity index (χ0n) is 48.2. The molecule has 0 spiro atoms. The molecule has 0 aliphatic heterocycles. The van der Waals surface area contributed by atoms with Crippen molar-refractivity contribution < 1.29 is 24.5 Å². The average Bonchev–Trinajstić information content (AvgIpc) is 3.37. The lowest BCUT2D eigenvalue weighted by Crippen LogP contribution is -2.45. The van der Waals surface area contributed by atoms with Crippen LogP contribution in [-0.2, 0) is 14.3 Å². The molecule has 0 aromatic heterocycles. The highest BCUT2D eigenvalue weighted by molar-refractivity contribution is 5.76. The largest absolute Gasteiger partial charge is 0.466 e. The van der Waals surface area contributed by atoms with Gasteiger partial charge in [0.25, 0.3) is 0 Å². The van der Waals surface area contributed by atoms with Crippen molar-refractivity contribution in [2.75, 3.05) is 13.2 Å². The van der Waals surface area contributed by atoms with E-state index in [2.05, 4.69) is 31.3 Å². The van der Waals surface area contributed by atoms with E-state index in [-0.39, 0.29) is 18.5 Å². The Morgan fingerprint density at radius 3 is 1.01 bits per heavy atom. The zero-order valence-corrected chi connectivity index (χ0v) is 48.2. The molecule has 2 unspecified atom stereocenters. The highest BCUT2D eigenvalue weighted by Crippen LogP contribution is 2.19. The maximum absolute atomic E-state index is 12.5. The Morgan fingerprint density at radius 2 is 0.662 bits per heavy atom. The van der Waals surface area contributed by atoms with Crippen molar-refractivity contribution in [2.24, 2.45) is 0 Å². The molecule has 0 bridgehead atoms. The van der Waals surface area contributed by atoms with Crippen LogP contribution >= 0.6 is 0 Å². The van der Waals surface area contributed by atoms with E-state index in [0.717, 1.165) is 44.9 Å². The third-order valence-electron chi connectivity index (χ3n) is 15.3. The number of esters is 1. The van der Waals surface area contributed by atoms with Crippen molar-refractivity contribution in [3.05, 3.63) is 12.2 Å². The highest BCUT2D eigenvalue weighted by atomic mass is 16.5. The molecule has 2 atom stereocenters. The average molecular weight is 1000 g/mol. The van der Waals surface area contributed by atoms with Gasteiger partial charge in [-0.15, -0.1) is 0 Å². The van der Waals surface area contributed by atoms with Crippen molar-refractivity contribution >= 4 is 11.9 Å². The Labute approximate surface area is 444 Å². The minimum absolute atomic E-state index is 0.0113. The van der Waals surface area contributed by atoms with Crippen molar-refractivity contribution in [3.63, 3.8) is 0 Å². The summed E-state index contributed by atoms with van der Waals surface area (Å²) in [5, 5.41) is 23.2. The first-order valence-corrected chi connectivity index (χ1v) is 32.4. The number of aliphatic hydroxyl groups is 2. The molecule has 0 heterocycles. The summed E-state index contributed by atoms with van der Waals surface area (Å²) in [6.45, 7) is 4.95. The molecule has 0 aliphatic rings. The van der Waals surface area contributed by atoms with Gasteiger partial charge in [0.2, 0.25) is 5.91 Å². The molecule has 71 heavy (non-hydrogen) atoms. The van der Waals surface area contributed by atoms with Gasteiger partial charge >= 0.3 is 5.97 Å². The standard InChI is InChI=1S/C65H127NO5/c1-3-5-7-9-11-13-15-34-39-43-47-51-55-59-65(70)71-60-56-52-48-44-40-36-33-31-29-27-25-23-21-19-17-16-18-20-22-24-26-28-30-32-35-38-42-46-50-54-58-64(69)66-62(61-67)63(68)57-53-49-45-41-37-14-12-10-8-6-4-2/h13,15,62-63,67-68H,3-12,14,16-61H2,1-2H3,(H,66,69)/b15-13-. The third kappa shape index (κ3) is 57.7. The number of ether oxygens (including phenoxy) is 1. The van der Waals surface area contributed by atoms with E-state index in [1.54, 1.807) is 0 Å². The second kappa shape index (κ2) is 61.1. The predicted molar refractivity (Wildman–Crippen MR) is 310 cm³/mol. The Balaban J connectivity index is 3.30. The van der Waals surface area contributed by atoms with Crippen LogP contribution in [0, 0.1) is 0 Å². The molecule has 422 valence electrons. The van der Waals surface area contributed by atoms with Crippen molar-refractivity contribution in [1.82, 2.24) is 5.32 Å². The smallest absolute Gasteiger partial charge is 0.305 e. The van der Waals surface area contributed by atoms with E-state index in [0.29, 0.717) is 25.9 Å². The molecular weight excluding hydrogens is 875 g/mol. The van der Waals surface area contributed by atoms with E-state index in [9.17, 15) is 19.8 Å². The van der Waals surface area contributed by atoms with E-state index in [4.69, 9.17) is 4.74 Å². The number of nitrogens with one attached hydrogen (secondary N) is 1. The second-order valence-corrected chi connectivity index (χ2v) is 22.5. The third-order valence-corrected chi connectivity index (χ3v) is 15.3. The van der Waals surface area contributed by atoms with Crippen LogP contribution in [0.25, 0.3) is 0 Å². The number of unbranched alkanes of at least 4 members (excludes halogenated alkanes) is 48. The molecule has 6 heteroatoms. The molecule has 0 rings (SSSR count). The Hall–Kier alpha value is -1.40. The van der Waals surface area contributed by atoms with Gasteiger partial charge in [-0.2, -0.15) is 0 Å². The maximum atomic E-state index is 12.5. The molecular formula is C65H127NO5. The fraction of sp³-hybridized carbons (Fsp3) is 0.938. The van der Waals surface area contributed by atoms with Crippen LogP contribution < -0.4 is 5.32 Å². The summed E-state index contributed by atoms with van der Waals surface area (Å²) in [6.07, 6.45) is 73.9. The summed E-state index contributed by atoms with van der Waals surface area (Å²) < 4.78 is 5.48. The van der Waals surface area contributed by atoms with Gasteiger partial charge in [-0.3, -0.25) is 9.59 Å². The lowest BCUT2D eigenvalue weighted by Gasteiger charge is -2.22. The summed E-state index contributed by atoms with van der Waals surface area (Å²) >= 11 is 0. The lowest BCUT2D eigenvalue weighted by atomic mass is 10.0. The number of allylic oxidation sites excluding steroid dienone is 2. The molecule has 0 aromatic rings. The van der Waals surface area contributed by atoms with Crippen LogP contribution in [0.3, 0.4) is 0 Å². The topological polar surface area (TPSA) is 95.9 Å². The molecule has 0 aliphatic carbocycles. The van der Waals surface area contributed by atoms with Gasteiger partial charge in [0.05, 0.1) is 25.4 Å². The van der Waals surface area contributed by atoms with E-state index in [1.807, 2.05) is 0 Å². The van der Waals surface area contributed by atoms with Gasteiger partial charge in [0, 0.05) is 12.8 Å². The monoisotopic (exact) mass is 1000 g/mol. The maximum Gasteiger partial charge on any atom is 0.305 e. The summed E-state index contributed by atoms with van der Waals surface area (Å²) in [4.78, 5) is 24.5. The van der Waals surface area contributed by atoms with Gasteiger partial charge < -0.3 is 20.3 Å². The molecule has 6 nitrogen and oxygen atoms in total. The van der Waals surface area contributed by atoms with Gasteiger partial charge in [-0.25, -0.2) is 0 Å². The van der Waals surface area contributed by atoms with Crippen LogP contribution in [0.5, 0.6) is 0 Å². The number of aliphatic hydroxyl groups excluding tert-OH is 2. The van der Waals surface area contributed by atoms with Crippen LogP contribution in [0.1, 0.15) is 367 Å². The zero-order chi connectivity index (χ0) is 51.4. The Kier molecular flexibility index (Phi) is 59.9. The van der Waals surface area contributed by atoms with Crippen LogP contribution in [-0.4, -0.2) is 47.4 Å². The Morgan fingerprint density at radius 1 is 0.380 bits per heavy atom. The minimum atomic E-state index is -0.659. The molecule has 0 radical (unpaired) electrons. The molecule has 0 fully saturated rings. The van der Waals surface area contributed by atoms with E-state index < -0.39 is 12.1 Å². The molecule has 0 saturated heterocycles. The summed E-state index contributed by atoms with van der Waals surface area (Å²) in [7, 11) is 0. The van der Waals surface area contributed by atoms with Crippen molar-refractivity contribution in [3.8, 4) is 0 Å². The first-order chi connectivity index (χ1) is 35.0. The number of carbonyl (C=O) groups excluding carboxylic acids is 2. The van der Waals surface area contributed by atoms with E-state index >= 15 is 0 Å². The number of hydrogen-bond donors (Lipinski definition) is 3. The lowest BCUT2D eigenvalue weighted by molar-refractivity contribution is -0.143. The molecule has 3 N–H and O–H groups in total. The van der Waals surface area contributed by atoms with Crippen molar-refractivity contribution in [1.29, 1.82) is 0 Å². The van der Waals surface area contributed by atoms with Gasteiger partial charge in [-0.05, 0) is 51.4 Å². The number of amides is 1. The first-order valence-electron chi connectivity index (χ1n) is 32.4. The fourth-order valence-corrected chi connectivity index (χ4v) is 10.3. The number of hydrogen-bond acceptors (Lipinski definition) is 5. The van der Waals surface area contributed by atoms with Crippen LogP contribution in [0.2, 0.25) is 0 Å². The number of rotatable bonds is 61. The highest BCUT2D eigenvalue weighted by Gasteiger charge is 2.20. The summed E-state index contributed by atoms with van der Waals surface area (Å²) in [5.74, 6) is -0.0190. The van der Waals surface area contributed by atoms with Gasteiger partial charge in [0.1, 0.15) is 0 Å². The predicted octanol–water partition coefficient (Wildman–Crippen LogP) is 20.4. The van der Waals surface area contributed by atoms with Crippen LogP contribution in [0.4, 0.5) is 0 Å². The molecule has 1 amide bonds.